The summed E-state index contributed by atoms with van der Waals surface area (Å²) in [5.74, 6) is -0.725. The van der Waals surface area contributed by atoms with E-state index in [0.717, 1.165) is 50.1 Å². The summed E-state index contributed by atoms with van der Waals surface area (Å²) in [5.41, 5.74) is 1.82. The fourth-order valence-corrected chi connectivity index (χ4v) is 6.17. The minimum absolute atomic E-state index is 0.00652. The van der Waals surface area contributed by atoms with E-state index in [-0.39, 0.29) is 16.1 Å². The number of benzene rings is 1. The molecule has 0 radical (unpaired) electrons. The van der Waals surface area contributed by atoms with Gasteiger partial charge in [-0.25, -0.2) is 18.2 Å². The molecule has 1 aromatic carbocycles. The Hall–Kier alpha value is -2.65. The predicted octanol–water partition coefficient (Wildman–Crippen LogP) is 3.65. The van der Waals surface area contributed by atoms with Crippen molar-refractivity contribution in [2.24, 2.45) is 0 Å². The number of nitrogens with zero attached hydrogens (tertiary/aromatic N) is 3. The first kappa shape index (κ1) is 23.5. The van der Waals surface area contributed by atoms with Gasteiger partial charge in [-0.15, -0.1) is 0 Å². The summed E-state index contributed by atoms with van der Waals surface area (Å²) in [6.45, 7) is 7.44. The number of likely N-dealkylation sites (tertiary alicyclic amines) is 1. The lowest BCUT2D eigenvalue weighted by Gasteiger charge is -2.40. The Kier molecular flexibility index (Phi) is 6.90. The summed E-state index contributed by atoms with van der Waals surface area (Å²) in [4.78, 5) is 21.1. The molecule has 0 spiro atoms. The highest BCUT2D eigenvalue weighted by Crippen LogP contribution is 2.28. The minimum atomic E-state index is -3.86. The van der Waals surface area contributed by atoms with Crippen molar-refractivity contribution in [3.63, 3.8) is 0 Å². The van der Waals surface area contributed by atoms with Gasteiger partial charge in [0, 0.05) is 19.1 Å². The molecule has 0 amide bonds. The van der Waals surface area contributed by atoms with Crippen LogP contribution in [0, 0.1) is 13.8 Å². The monoisotopic (exact) mass is 472 g/mol. The molecular weight excluding hydrogens is 440 g/mol. The fourth-order valence-electron chi connectivity index (χ4n) is 4.95. The van der Waals surface area contributed by atoms with E-state index in [9.17, 15) is 18.3 Å². The molecule has 0 unspecified atom stereocenters. The summed E-state index contributed by atoms with van der Waals surface area (Å²) >= 11 is 0. The first-order valence-corrected chi connectivity index (χ1v) is 13.0. The molecule has 2 N–H and O–H groups in total. The molecule has 0 aliphatic carbocycles. The maximum absolute atomic E-state index is 12.9. The Bertz CT molecular complexity index is 1100. The average Bonchev–Trinajstić information content (AvgIpc) is 2.79. The molecule has 1 aromatic heterocycles. The molecular formula is C24H32N4O4S. The Morgan fingerprint density at radius 3 is 2.24 bits per heavy atom. The number of piperidine rings is 2. The van der Waals surface area contributed by atoms with E-state index in [4.69, 9.17) is 0 Å². The van der Waals surface area contributed by atoms with Crippen LogP contribution in [0.2, 0.25) is 0 Å². The number of pyridine rings is 1. The van der Waals surface area contributed by atoms with Crippen molar-refractivity contribution >= 4 is 27.5 Å². The van der Waals surface area contributed by atoms with Crippen LogP contribution in [-0.4, -0.2) is 61.6 Å². The number of aryl methyl sites for hydroxylation is 2. The van der Waals surface area contributed by atoms with E-state index >= 15 is 0 Å². The van der Waals surface area contributed by atoms with Gasteiger partial charge in [-0.05, 0) is 81.9 Å². The van der Waals surface area contributed by atoms with Gasteiger partial charge in [0.2, 0.25) is 0 Å². The van der Waals surface area contributed by atoms with Crippen LogP contribution in [0.3, 0.4) is 0 Å². The van der Waals surface area contributed by atoms with Crippen LogP contribution in [0.25, 0.3) is 0 Å². The van der Waals surface area contributed by atoms with Gasteiger partial charge in [-0.2, -0.15) is 0 Å². The second kappa shape index (κ2) is 9.69. The highest BCUT2D eigenvalue weighted by atomic mass is 32.2. The number of hydrogen-bond donors (Lipinski definition) is 2. The summed E-state index contributed by atoms with van der Waals surface area (Å²) < 4.78 is 28.2. The minimum Gasteiger partial charge on any atom is -0.478 e. The van der Waals surface area contributed by atoms with Gasteiger partial charge in [-0.1, -0.05) is 12.5 Å². The van der Waals surface area contributed by atoms with Gasteiger partial charge in [0.15, 0.2) is 0 Å². The van der Waals surface area contributed by atoms with Crippen LogP contribution >= 0.6 is 0 Å². The lowest BCUT2D eigenvalue weighted by atomic mass is 9.99. The van der Waals surface area contributed by atoms with E-state index < -0.39 is 16.0 Å². The normalized spacial score (nSPS) is 18.3. The fraction of sp³-hybridized carbons (Fsp3) is 0.500. The van der Waals surface area contributed by atoms with Crippen LogP contribution in [-0.2, 0) is 10.0 Å². The third-order valence-corrected chi connectivity index (χ3v) is 7.89. The first-order chi connectivity index (χ1) is 15.7. The maximum atomic E-state index is 12.9. The van der Waals surface area contributed by atoms with Gasteiger partial charge in [0.25, 0.3) is 10.0 Å². The molecule has 2 saturated heterocycles. The van der Waals surface area contributed by atoms with Crippen molar-refractivity contribution in [1.82, 2.24) is 9.88 Å². The number of rotatable bonds is 6. The van der Waals surface area contributed by atoms with E-state index in [1.807, 2.05) is 24.8 Å². The number of aromatic nitrogens is 1. The van der Waals surface area contributed by atoms with Crippen molar-refractivity contribution < 1.29 is 18.3 Å². The Morgan fingerprint density at radius 2 is 1.64 bits per heavy atom. The lowest BCUT2D eigenvalue weighted by Crippen LogP contribution is -2.47. The number of aromatic carboxylic acids is 1. The van der Waals surface area contributed by atoms with Crippen LogP contribution < -0.4 is 9.62 Å². The Labute approximate surface area is 195 Å². The van der Waals surface area contributed by atoms with Crippen molar-refractivity contribution in [3.8, 4) is 0 Å². The van der Waals surface area contributed by atoms with Crippen LogP contribution in [0.15, 0.2) is 35.4 Å². The summed E-state index contributed by atoms with van der Waals surface area (Å²) in [6.07, 6.45) is 7.16. The van der Waals surface area contributed by atoms with E-state index in [1.54, 1.807) is 12.1 Å². The van der Waals surface area contributed by atoms with Crippen molar-refractivity contribution in [2.45, 2.75) is 56.9 Å². The predicted molar refractivity (Wildman–Crippen MR) is 129 cm³/mol. The van der Waals surface area contributed by atoms with E-state index in [0.29, 0.717) is 11.9 Å². The van der Waals surface area contributed by atoms with Crippen molar-refractivity contribution in [1.29, 1.82) is 0 Å². The quantitative estimate of drug-likeness (QED) is 0.661. The highest BCUT2D eigenvalue weighted by Gasteiger charge is 2.28. The SMILES string of the molecule is Cc1cc(C)cc(S(=O)(=O)Nc2cnc(N3CCC(N4CCCCC4)CC3)c(C(=O)O)c2)c1. The molecule has 4 rings (SSSR count). The third kappa shape index (κ3) is 5.47. The topological polar surface area (TPSA) is 103 Å². The summed E-state index contributed by atoms with van der Waals surface area (Å²) in [5, 5.41) is 9.81. The molecule has 0 saturated carbocycles. The van der Waals surface area contributed by atoms with Crippen molar-refractivity contribution in [3.05, 3.63) is 47.2 Å². The third-order valence-electron chi connectivity index (χ3n) is 6.53. The zero-order valence-corrected chi connectivity index (χ0v) is 20.1. The zero-order chi connectivity index (χ0) is 23.6. The molecule has 2 aliphatic heterocycles. The number of carbonyl (C=O) groups is 1. The second-order valence-electron chi connectivity index (χ2n) is 9.14. The molecule has 8 nitrogen and oxygen atoms in total. The molecule has 2 aliphatic rings. The Morgan fingerprint density at radius 1 is 1.00 bits per heavy atom. The van der Waals surface area contributed by atoms with Crippen LogP contribution in [0.4, 0.5) is 11.5 Å². The zero-order valence-electron chi connectivity index (χ0n) is 19.2. The number of carboxylic acid groups (broad SMARTS) is 1. The number of hydrogen-bond acceptors (Lipinski definition) is 6. The van der Waals surface area contributed by atoms with Crippen molar-refractivity contribution in [2.75, 3.05) is 35.8 Å². The standard InChI is InChI=1S/C24H32N4O4S/c1-17-12-18(2)14-21(13-17)33(31,32)26-19-15-22(24(29)30)23(25-16-19)28-10-6-20(7-11-28)27-8-4-3-5-9-27/h12-16,20,26H,3-11H2,1-2H3,(H,29,30). The average molecular weight is 473 g/mol. The molecule has 2 aromatic rings. The van der Waals surface area contributed by atoms with E-state index in [2.05, 4.69) is 14.6 Å². The molecule has 0 atom stereocenters. The smallest absolute Gasteiger partial charge is 0.339 e. The maximum Gasteiger partial charge on any atom is 0.339 e. The second-order valence-corrected chi connectivity index (χ2v) is 10.8. The molecule has 33 heavy (non-hydrogen) atoms. The van der Waals surface area contributed by atoms with E-state index in [1.165, 1.54) is 31.5 Å². The van der Waals surface area contributed by atoms with Crippen LogP contribution in [0.1, 0.15) is 53.6 Å². The Balaban J connectivity index is 1.50. The molecule has 3 heterocycles. The molecule has 2 fully saturated rings. The summed E-state index contributed by atoms with van der Waals surface area (Å²) in [7, 11) is -3.86. The first-order valence-electron chi connectivity index (χ1n) is 11.6. The number of nitrogens with one attached hydrogen (secondary N) is 1. The van der Waals surface area contributed by atoms with Gasteiger partial charge in [0.05, 0.1) is 16.8 Å². The molecule has 9 heteroatoms. The van der Waals surface area contributed by atoms with Crippen LogP contribution in [0.5, 0.6) is 0 Å². The molecule has 178 valence electrons. The van der Waals surface area contributed by atoms with Gasteiger partial charge >= 0.3 is 5.97 Å². The van der Waals surface area contributed by atoms with Gasteiger partial charge < -0.3 is 14.9 Å². The molecule has 0 bridgehead atoms. The number of sulfonamides is 1. The lowest BCUT2D eigenvalue weighted by molar-refractivity contribution is 0.0697. The van der Waals surface area contributed by atoms with Gasteiger partial charge in [0.1, 0.15) is 11.4 Å². The highest BCUT2D eigenvalue weighted by molar-refractivity contribution is 7.92. The van der Waals surface area contributed by atoms with Gasteiger partial charge in [-0.3, -0.25) is 4.72 Å². The summed E-state index contributed by atoms with van der Waals surface area (Å²) in [6, 6.07) is 6.97. The largest absolute Gasteiger partial charge is 0.478 e. The number of anilines is 2. The number of carboxylic acids is 1.